The summed E-state index contributed by atoms with van der Waals surface area (Å²) >= 11 is 2.03. The zero-order valence-electron chi connectivity index (χ0n) is 9.00. The minimum atomic E-state index is 0.307. The van der Waals surface area contributed by atoms with Crippen LogP contribution >= 0.6 is 11.8 Å². The largest absolute Gasteiger partial charge is 0.279 e. The van der Waals surface area contributed by atoms with Crippen LogP contribution in [0, 0.1) is 0 Å². The second kappa shape index (κ2) is 2.33. The molecule has 0 aromatic heterocycles. The lowest BCUT2D eigenvalue weighted by Crippen LogP contribution is -3.15. The van der Waals surface area contributed by atoms with Crippen molar-refractivity contribution in [2.45, 2.75) is 36.1 Å². The third kappa shape index (κ3) is 0.990. The van der Waals surface area contributed by atoms with Crippen LogP contribution in [0.25, 0.3) is 0 Å². The SMILES string of the molecule is CC1(C)Sc2ccccc2[NH+]1C1C2=C1C2. The normalized spacial score (nSPS) is 30.1. The van der Waals surface area contributed by atoms with Crippen LogP contribution < -0.4 is 4.90 Å². The van der Waals surface area contributed by atoms with Crippen LogP contribution in [-0.2, 0) is 0 Å². The van der Waals surface area contributed by atoms with Gasteiger partial charge in [0, 0.05) is 37.5 Å². The highest BCUT2D eigenvalue weighted by molar-refractivity contribution is 8.00. The first kappa shape index (κ1) is 8.43. The maximum Gasteiger partial charge on any atom is 0.148 e. The molecule has 4 rings (SSSR count). The van der Waals surface area contributed by atoms with E-state index in [1.165, 1.54) is 17.0 Å². The van der Waals surface area contributed by atoms with Crippen LogP contribution in [-0.4, -0.2) is 10.9 Å². The second-order valence-corrected chi connectivity index (χ2v) is 6.85. The fourth-order valence-corrected chi connectivity index (χ4v) is 4.16. The minimum absolute atomic E-state index is 0.307. The molecule has 3 aliphatic rings. The number of rotatable bonds is 1. The van der Waals surface area contributed by atoms with Crippen molar-refractivity contribution in [2.75, 3.05) is 0 Å². The molecule has 0 radical (unpaired) electrons. The molecule has 0 fully saturated rings. The predicted octanol–water partition coefficient (Wildman–Crippen LogP) is 2.13. The zero-order valence-corrected chi connectivity index (χ0v) is 9.82. The first-order valence-corrected chi connectivity index (χ1v) is 6.38. The smallest absolute Gasteiger partial charge is 0.148 e. The molecular weight excluding hydrogens is 202 g/mol. The molecular formula is C13H14NS+. The van der Waals surface area contributed by atoms with Gasteiger partial charge in [0.1, 0.15) is 16.6 Å². The van der Waals surface area contributed by atoms with Gasteiger partial charge in [0.2, 0.25) is 0 Å². The molecule has 1 heterocycles. The van der Waals surface area contributed by atoms with E-state index >= 15 is 0 Å². The van der Waals surface area contributed by atoms with Crippen molar-refractivity contribution >= 4 is 17.4 Å². The molecule has 1 aromatic rings. The average molecular weight is 216 g/mol. The van der Waals surface area contributed by atoms with Crippen molar-refractivity contribution in [3.63, 3.8) is 0 Å². The monoisotopic (exact) mass is 216 g/mol. The van der Waals surface area contributed by atoms with Crippen LogP contribution in [0.5, 0.6) is 0 Å². The number of quaternary nitrogens is 1. The molecule has 2 aliphatic carbocycles. The van der Waals surface area contributed by atoms with Gasteiger partial charge in [-0.05, 0) is 6.07 Å². The van der Waals surface area contributed by atoms with E-state index in [2.05, 4.69) is 38.1 Å². The summed E-state index contributed by atoms with van der Waals surface area (Å²) in [5.74, 6) is 0. The molecule has 1 atom stereocenters. The van der Waals surface area contributed by atoms with E-state index in [-0.39, 0.29) is 0 Å². The molecule has 1 nitrogen and oxygen atoms in total. The molecule has 2 heteroatoms. The highest BCUT2D eigenvalue weighted by atomic mass is 32.2. The van der Waals surface area contributed by atoms with Crippen molar-refractivity contribution in [2.24, 2.45) is 0 Å². The van der Waals surface area contributed by atoms with E-state index < -0.39 is 0 Å². The Labute approximate surface area is 94.2 Å². The van der Waals surface area contributed by atoms with E-state index in [9.17, 15) is 0 Å². The summed E-state index contributed by atoms with van der Waals surface area (Å²) in [5, 5.41) is 0. The van der Waals surface area contributed by atoms with Crippen molar-refractivity contribution in [1.29, 1.82) is 0 Å². The van der Waals surface area contributed by atoms with Gasteiger partial charge in [0.15, 0.2) is 0 Å². The van der Waals surface area contributed by atoms with E-state index in [0.717, 1.165) is 6.04 Å². The Hall–Kier alpha value is -0.730. The molecule has 1 aliphatic heterocycles. The van der Waals surface area contributed by atoms with E-state index in [0.29, 0.717) is 4.87 Å². The highest BCUT2D eigenvalue weighted by Crippen LogP contribution is 2.55. The number of fused-ring (bicyclic) bond motifs is 1. The Balaban J connectivity index is 1.80. The molecule has 0 spiro atoms. The zero-order chi connectivity index (χ0) is 10.2. The quantitative estimate of drug-likeness (QED) is 0.705. The van der Waals surface area contributed by atoms with Crippen LogP contribution in [0.2, 0.25) is 0 Å². The van der Waals surface area contributed by atoms with E-state index in [1.54, 1.807) is 16.0 Å². The topological polar surface area (TPSA) is 4.44 Å². The minimum Gasteiger partial charge on any atom is -0.279 e. The van der Waals surface area contributed by atoms with Crippen molar-refractivity contribution in [3.8, 4) is 0 Å². The summed E-state index contributed by atoms with van der Waals surface area (Å²) in [6.07, 6.45) is 1.34. The Morgan fingerprint density at radius 3 is 2.67 bits per heavy atom. The van der Waals surface area contributed by atoms with Gasteiger partial charge in [-0.1, -0.05) is 23.9 Å². The summed E-state index contributed by atoms with van der Waals surface area (Å²) in [6, 6.07) is 9.67. The first-order chi connectivity index (χ1) is 7.18. The highest BCUT2D eigenvalue weighted by Gasteiger charge is 2.62. The van der Waals surface area contributed by atoms with Crippen LogP contribution in [0.15, 0.2) is 40.3 Å². The van der Waals surface area contributed by atoms with E-state index in [1.807, 2.05) is 11.8 Å². The van der Waals surface area contributed by atoms with Gasteiger partial charge in [-0.2, -0.15) is 0 Å². The summed E-state index contributed by atoms with van der Waals surface area (Å²) in [4.78, 5) is 3.46. The third-order valence-corrected chi connectivity index (χ3v) is 5.07. The maximum atomic E-state index is 2.37. The lowest BCUT2D eigenvalue weighted by molar-refractivity contribution is -0.875. The molecule has 0 amide bonds. The van der Waals surface area contributed by atoms with Gasteiger partial charge in [0.25, 0.3) is 0 Å². The van der Waals surface area contributed by atoms with Crippen molar-refractivity contribution in [3.05, 3.63) is 35.4 Å². The van der Waals surface area contributed by atoms with Gasteiger partial charge in [0.05, 0.1) is 4.90 Å². The van der Waals surface area contributed by atoms with Crippen LogP contribution in [0.4, 0.5) is 5.69 Å². The summed E-state index contributed by atoms with van der Waals surface area (Å²) in [7, 11) is 0. The number of nitrogens with one attached hydrogen (secondary N) is 1. The number of thioether (sulfide) groups is 1. The summed E-state index contributed by atoms with van der Waals surface area (Å²) < 4.78 is 0. The van der Waals surface area contributed by atoms with Gasteiger partial charge in [-0.15, -0.1) is 0 Å². The standard InChI is InChI=1S/C13H13NS/c1-13(2)14(12-8-7-9(8)12)10-5-3-4-6-11(10)15-13/h3-6,12H,7H2,1-2H3/p+1. The molecule has 0 saturated carbocycles. The Morgan fingerprint density at radius 1 is 1.27 bits per heavy atom. The van der Waals surface area contributed by atoms with Gasteiger partial charge >= 0.3 is 0 Å². The molecule has 76 valence electrons. The number of hydrogen-bond acceptors (Lipinski definition) is 1. The van der Waals surface area contributed by atoms with Gasteiger partial charge < -0.3 is 0 Å². The van der Waals surface area contributed by atoms with Crippen LogP contribution in [0.3, 0.4) is 0 Å². The molecule has 1 unspecified atom stereocenters. The molecule has 0 bridgehead atoms. The average Bonchev–Trinajstić information content (AvgIpc) is 3.02. The van der Waals surface area contributed by atoms with Crippen molar-refractivity contribution in [1.82, 2.24) is 0 Å². The number of benzene rings is 1. The Morgan fingerprint density at radius 2 is 2.00 bits per heavy atom. The molecule has 1 N–H and O–H groups in total. The molecule has 0 saturated heterocycles. The maximum absolute atomic E-state index is 2.37. The summed E-state index contributed by atoms with van der Waals surface area (Å²) in [5.41, 5.74) is 5.01. The summed E-state index contributed by atoms with van der Waals surface area (Å²) in [6.45, 7) is 4.73. The van der Waals surface area contributed by atoms with Gasteiger partial charge in [-0.3, -0.25) is 4.90 Å². The number of hydrogen-bond donors (Lipinski definition) is 1. The Bertz CT molecular complexity index is 489. The lowest BCUT2D eigenvalue weighted by atomic mass is 10.1. The fourth-order valence-electron chi connectivity index (χ4n) is 2.84. The predicted molar refractivity (Wildman–Crippen MR) is 62.4 cm³/mol. The Kier molecular flexibility index (Phi) is 1.31. The molecule has 1 aromatic carbocycles. The lowest BCUT2D eigenvalue weighted by Gasteiger charge is -2.30. The third-order valence-electron chi connectivity index (χ3n) is 3.76. The van der Waals surface area contributed by atoms with E-state index in [4.69, 9.17) is 0 Å². The fraction of sp³-hybridized carbons (Fsp3) is 0.385. The molecule has 15 heavy (non-hydrogen) atoms. The van der Waals surface area contributed by atoms with Crippen LogP contribution in [0.1, 0.15) is 20.3 Å². The van der Waals surface area contributed by atoms with Crippen molar-refractivity contribution < 1.29 is 4.90 Å². The van der Waals surface area contributed by atoms with Gasteiger partial charge in [-0.25, -0.2) is 0 Å². The first-order valence-electron chi connectivity index (χ1n) is 5.56. The second-order valence-electron chi connectivity index (χ2n) is 5.18. The number of para-hydroxylation sites is 1.